The van der Waals surface area contributed by atoms with Gasteiger partial charge in [0, 0.05) is 26.2 Å². The molecule has 1 fully saturated rings. The molecule has 1 aliphatic heterocycles. The first kappa shape index (κ1) is 16.0. The molecule has 2 aromatic rings. The highest BCUT2D eigenvalue weighted by Gasteiger charge is 2.20. The second-order valence-corrected chi connectivity index (χ2v) is 6.31. The van der Waals surface area contributed by atoms with Gasteiger partial charge in [-0.25, -0.2) is 0 Å². The molecule has 0 radical (unpaired) electrons. The van der Waals surface area contributed by atoms with Gasteiger partial charge in [-0.2, -0.15) is 0 Å². The van der Waals surface area contributed by atoms with Crippen LogP contribution >= 0.6 is 12.2 Å². The van der Waals surface area contributed by atoms with Crippen molar-refractivity contribution in [3.63, 3.8) is 0 Å². The van der Waals surface area contributed by atoms with Crippen LogP contribution in [0.15, 0.2) is 53.1 Å². The van der Waals surface area contributed by atoms with Crippen LogP contribution < -0.4 is 5.32 Å². The molecule has 23 heavy (non-hydrogen) atoms. The van der Waals surface area contributed by atoms with Crippen molar-refractivity contribution in [1.82, 2.24) is 15.1 Å². The van der Waals surface area contributed by atoms with Crippen molar-refractivity contribution in [2.75, 3.05) is 26.2 Å². The summed E-state index contributed by atoms with van der Waals surface area (Å²) < 4.78 is 5.42. The van der Waals surface area contributed by atoms with Crippen molar-refractivity contribution < 1.29 is 4.42 Å². The van der Waals surface area contributed by atoms with E-state index in [1.54, 1.807) is 6.26 Å². The Bertz CT molecular complexity index is 606. The molecule has 1 aliphatic rings. The van der Waals surface area contributed by atoms with Crippen molar-refractivity contribution in [3.05, 3.63) is 60.1 Å². The molecule has 0 bridgehead atoms. The molecule has 0 amide bonds. The van der Waals surface area contributed by atoms with Crippen LogP contribution in [0.1, 0.15) is 24.3 Å². The monoisotopic (exact) mass is 329 g/mol. The van der Waals surface area contributed by atoms with Gasteiger partial charge in [0.25, 0.3) is 0 Å². The SMILES string of the molecule is CC(NC(=S)N1CCN(Cc2ccco2)CC1)c1ccccc1. The molecule has 2 heterocycles. The van der Waals surface area contributed by atoms with Crippen molar-refractivity contribution >= 4 is 17.3 Å². The summed E-state index contributed by atoms with van der Waals surface area (Å²) in [6, 6.07) is 14.6. The molecule has 1 saturated heterocycles. The van der Waals surface area contributed by atoms with Crippen LogP contribution in [0.3, 0.4) is 0 Å². The highest BCUT2D eigenvalue weighted by Crippen LogP contribution is 2.13. The van der Waals surface area contributed by atoms with E-state index in [0.29, 0.717) is 0 Å². The zero-order valence-corrected chi connectivity index (χ0v) is 14.3. The lowest BCUT2D eigenvalue weighted by Gasteiger charge is -2.36. The summed E-state index contributed by atoms with van der Waals surface area (Å²) >= 11 is 5.58. The van der Waals surface area contributed by atoms with Crippen LogP contribution in [0, 0.1) is 0 Å². The van der Waals surface area contributed by atoms with Gasteiger partial charge in [-0.05, 0) is 36.8 Å². The molecule has 0 aliphatic carbocycles. The maximum absolute atomic E-state index is 5.58. The van der Waals surface area contributed by atoms with Crippen molar-refractivity contribution in [2.24, 2.45) is 0 Å². The van der Waals surface area contributed by atoms with Gasteiger partial charge in [-0.3, -0.25) is 4.90 Å². The van der Waals surface area contributed by atoms with E-state index in [2.05, 4.69) is 46.3 Å². The molecule has 3 rings (SSSR count). The van der Waals surface area contributed by atoms with Crippen LogP contribution in [0.5, 0.6) is 0 Å². The van der Waals surface area contributed by atoms with Crippen LogP contribution in [0.25, 0.3) is 0 Å². The van der Waals surface area contributed by atoms with E-state index in [0.717, 1.165) is 43.6 Å². The van der Waals surface area contributed by atoms with Gasteiger partial charge in [0.1, 0.15) is 5.76 Å². The minimum Gasteiger partial charge on any atom is -0.468 e. The third-order valence-electron chi connectivity index (χ3n) is 4.26. The third kappa shape index (κ3) is 4.33. The van der Waals surface area contributed by atoms with Crippen LogP contribution in [-0.4, -0.2) is 41.1 Å². The number of hydrogen-bond acceptors (Lipinski definition) is 3. The predicted molar refractivity (Wildman–Crippen MR) is 96.1 cm³/mol. The summed E-state index contributed by atoms with van der Waals surface area (Å²) in [5, 5.41) is 4.29. The molecule has 1 aromatic carbocycles. The molecular formula is C18H23N3OS. The average molecular weight is 329 g/mol. The number of nitrogens with zero attached hydrogens (tertiary/aromatic N) is 2. The van der Waals surface area contributed by atoms with Crippen molar-refractivity contribution in [2.45, 2.75) is 19.5 Å². The summed E-state index contributed by atoms with van der Waals surface area (Å²) in [6.07, 6.45) is 1.73. The zero-order chi connectivity index (χ0) is 16.1. The molecule has 5 heteroatoms. The number of nitrogens with one attached hydrogen (secondary N) is 1. The predicted octanol–water partition coefficient (Wildman–Crippen LogP) is 3.03. The minimum atomic E-state index is 0.227. The molecule has 0 saturated carbocycles. The summed E-state index contributed by atoms with van der Waals surface area (Å²) in [4.78, 5) is 4.66. The molecular weight excluding hydrogens is 306 g/mol. The third-order valence-corrected chi connectivity index (χ3v) is 4.63. The van der Waals surface area contributed by atoms with Crippen molar-refractivity contribution in [3.8, 4) is 0 Å². The largest absolute Gasteiger partial charge is 0.468 e. The van der Waals surface area contributed by atoms with Gasteiger partial charge >= 0.3 is 0 Å². The Balaban J connectivity index is 1.46. The van der Waals surface area contributed by atoms with Gasteiger partial charge < -0.3 is 14.6 Å². The highest BCUT2D eigenvalue weighted by molar-refractivity contribution is 7.80. The lowest BCUT2D eigenvalue weighted by molar-refractivity contribution is 0.164. The van der Waals surface area contributed by atoms with E-state index < -0.39 is 0 Å². The Morgan fingerprint density at radius 1 is 1.13 bits per heavy atom. The molecule has 1 aromatic heterocycles. The normalized spacial score (nSPS) is 17.0. The number of thiocarbonyl (C=S) groups is 1. The van der Waals surface area contributed by atoms with Gasteiger partial charge in [-0.15, -0.1) is 0 Å². The zero-order valence-electron chi connectivity index (χ0n) is 13.4. The van der Waals surface area contributed by atoms with E-state index in [1.807, 2.05) is 18.2 Å². The summed E-state index contributed by atoms with van der Waals surface area (Å²) in [6.45, 7) is 6.93. The van der Waals surface area contributed by atoms with Crippen molar-refractivity contribution in [1.29, 1.82) is 0 Å². The molecule has 1 N–H and O–H groups in total. The molecule has 1 atom stereocenters. The van der Waals surface area contributed by atoms with E-state index in [1.165, 1.54) is 5.56 Å². The minimum absolute atomic E-state index is 0.227. The Hall–Kier alpha value is -1.85. The number of benzene rings is 1. The Labute approximate surface area is 143 Å². The summed E-state index contributed by atoms with van der Waals surface area (Å²) in [5.41, 5.74) is 1.26. The van der Waals surface area contributed by atoms with E-state index >= 15 is 0 Å². The Morgan fingerprint density at radius 2 is 1.87 bits per heavy atom. The van der Waals surface area contributed by atoms with Crippen LogP contribution in [-0.2, 0) is 6.54 Å². The Morgan fingerprint density at radius 3 is 2.52 bits per heavy atom. The number of hydrogen-bond donors (Lipinski definition) is 1. The van der Waals surface area contributed by atoms with Gasteiger partial charge in [0.05, 0.1) is 18.8 Å². The fraction of sp³-hybridized carbons (Fsp3) is 0.389. The lowest BCUT2D eigenvalue weighted by Crippen LogP contribution is -2.51. The smallest absolute Gasteiger partial charge is 0.169 e. The number of piperazine rings is 1. The molecule has 0 spiro atoms. The molecule has 4 nitrogen and oxygen atoms in total. The fourth-order valence-electron chi connectivity index (χ4n) is 2.83. The molecule has 122 valence electrons. The second kappa shape index (κ2) is 7.62. The van der Waals surface area contributed by atoms with Gasteiger partial charge in [-0.1, -0.05) is 30.3 Å². The topological polar surface area (TPSA) is 31.6 Å². The number of rotatable bonds is 4. The van der Waals surface area contributed by atoms with Crippen LogP contribution in [0.4, 0.5) is 0 Å². The maximum atomic E-state index is 5.58. The van der Waals surface area contributed by atoms with Gasteiger partial charge in [0.2, 0.25) is 0 Å². The van der Waals surface area contributed by atoms with E-state index in [-0.39, 0.29) is 6.04 Å². The van der Waals surface area contributed by atoms with Gasteiger partial charge in [0.15, 0.2) is 5.11 Å². The van der Waals surface area contributed by atoms with Crippen LogP contribution in [0.2, 0.25) is 0 Å². The fourth-order valence-corrected chi connectivity index (χ4v) is 3.19. The Kier molecular flexibility index (Phi) is 5.31. The summed E-state index contributed by atoms with van der Waals surface area (Å²) in [7, 11) is 0. The highest BCUT2D eigenvalue weighted by atomic mass is 32.1. The average Bonchev–Trinajstić information content (AvgIpc) is 3.09. The first-order valence-electron chi connectivity index (χ1n) is 8.07. The first-order valence-corrected chi connectivity index (χ1v) is 8.48. The molecule has 1 unspecified atom stereocenters. The number of furan rings is 1. The second-order valence-electron chi connectivity index (χ2n) is 5.92. The quantitative estimate of drug-likeness (QED) is 0.872. The van der Waals surface area contributed by atoms with E-state index in [4.69, 9.17) is 16.6 Å². The first-order chi connectivity index (χ1) is 11.2. The lowest BCUT2D eigenvalue weighted by atomic mass is 10.1. The maximum Gasteiger partial charge on any atom is 0.169 e. The summed E-state index contributed by atoms with van der Waals surface area (Å²) in [5.74, 6) is 1.02. The standard InChI is InChI=1S/C18H23N3OS/c1-15(16-6-3-2-4-7-16)19-18(23)21-11-9-20(10-12-21)14-17-8-5-13-22-17/h2-8,13,15H,9-12,14H2,1H3,(H,19,23). The van der Waals surface area contributed by atoms with E-state index in [9.17, 15) is 0 Å².